The molecule has 0 aliphatic rings. The van der Waals surface area contributed by atoms with E-state index in [1.165, 1.54) is 11.3 Å². The van der Waals surface area contributed by atoms with Gasteiger partial charge in [0.1, 0.15) is 10.8 Å². The van der Waals surface area contributed by atoms with Gasteiger partial charge in [-0.05, 0) is 36.2 Å². The molecule has 3 aromatic rings. The highest BCUT2D eigenvalue weighted by Gasteiger charge is 2.11. The van der Waals surface area contributed by atoms with Crippen molar-refractivity contribution in [1.82, 2.24) is 10.2 Å². The second-order valence-electron chi connectivity index (χ2n) is 5.45. The standard InChI is InChI=1S/C18H16ClN3O2S/c1-11-9-12(3-8-15(11)24-2)10-16(23)20-18-22-21-17(25-18)13-4-6-14(19)7-5-13/h3-9H,10H2,1-2H3,(H,20,22,23). The predicted molar refractivity (Wildman–Crippen MR) is 100 cm³/mol. The summed E-state index contributed by atoms with van der Waals surface area (Å²) in [5, 5.41) is 12.8. The molecule has 0 spiro atoms. The minimum absolute atomic E-state index is 0.136. The highest BCUT2D eigenvalue weighted by atomic mass is 35.5. The van der Waals surface area contributed by atoms with E-state index in [1.807, 2.05) is 37.3 Å². The molecule has 0 saturated heterocycles. The third kappa shape index (κ3) is 4.35. The van der Waals surface area contributed by atoms with Crippen LogP contribution in [0.4, 0.5) is 5.13 Å². The summed E-state index contributed by atoms with van der Waals surface area (Å²) < 4.78 is 5.23. The number of hydrogen-bond acceptors (Lipinski definition) is 5. The van der Waals surface area contributed by atoms with E-state index in [2.05, 4.69) is 15.5 Å². The molecule has 0 saturated carbocycles. The number of amides is 1. The van der Waals surface area contributed by atoms with Crippen LogP contribution in [0, 0.1) is 6.92 Å². The number of methoxy groups -OCH3 is 1. The van der Waals surface area contributed by atoms with Gasteiger partial charge in [-0.25, -0.2) is 0 Å². The van der Waals surface area contributed by atoms with E-state index in [0.29, 0.717) is 10.2 Å². The van der Waals surface area contributed by atoms with E-state index in [4.69, 9.17) is 16.3 Å². The van der Waals surface area contributed by atoms with Gasteiger partial charge in [0.25, 0.3) is 0 Å². The first-order valence-electron chi connectivity index (χ1n) is 7.58. The molecule has 0 aliphatic carbocycles. The number of benzene rings is 2. The van der Waals surface area contributed by atoms with Crippen LogP contribution in [0.5, 0.6) is 5.75 Å². The molecular weight excluding hydrogens is 358 g/mol. The van der Waals surface area contributed by atoms with Gasteiger partial charge in [0, 0.05) is 10.6 Å². The SMILES string of the molecule is COc1ccc(CC(=O)Nc2nnc(-c3ccc(Cl)cc3)s2)cc1C. The molecule has 0 fully saturated rings. The van der Waals surface area contributed by atoms with Crippen LogP contribution in [0.2, 0.25) is 5.02 Å². The third-order valence-electron chi connectivity index (χ3n) is 3.59. The average molecular weight is 374 g/mol. The van der Waals surface area contributed by atoms with Gasteiger partial charge in [-0.15, -0.1) is 10.2 Å². The molecule has 1 N–H and O–H groups in total. The van der Waals surface area contributed by atoms with Crippen LogP contribution in [-0.2, 0) is 11.2 Å². The number of carbonyl (C=O) groups excluding carboxylic acids is 1. The topological polar surface area (TPSA) is 64.1 Å². The lowest BCUT2D eigenvalue weighted by Crippen LogP contribution is -2.14. The Balaban J connectivity index is 1.65. The van der Waals surface area contributed by atoms with Gasteiger partial charge < -0.3 is 10.1 Å². The van der Waals surface area contributed by atoms with Crippen LogP contribution in [0.3, 0.4) is 0 Å². The molecule has 128 valence electrons. The summed E-state index contributed by atoms with van der Waals surface area (Å²) in [6, 6.07) is 13.0. The Hall–Kier alpha value is -2.44. The van der Waals surface area contributed by atoms with Crippen LogP contribution >= 0.6 is 22.9 Å². The first-order valence-corrected chi connectivity index (χ1v) is 8.77. The largest absolute Gasteiger partial charge is 0.496 e. The molecule has 1 aromatic heterocycles. The zero-order valence-corrected chi connectivity index (χ0v) is 15.3. The number of nitrogens with one attached hydrogen (secondary N) is 1. The Labute approximate surface area is 154 Å². The molecule has 2 aromatic carbocycles. The summed E-state index contributed by atoms with van der Waals surface area (Å²) in [6.07, 6.45) is 0.265. The molecule has 0 aliphatic heterocycles. The van der Waals surface area contributed by atoms with Crippen molar-refractivity contribution in [2.24, 2.45) is 0 Å². The van der Waals surface area contributed by atoms with Crippen molar-refractivity contribution < 1.29 is 9.53 Å². The second kappa shape index (κ2) is 7.63. The first kappa shape index (κ1) is 17.4. The number of nitrogens with zero attached hydrogens (tertiary/aromatic N) is 2. The summed E-state index contributed by atoms with van der Waals surface area (Å²) in [6.45, 7) is 1.95. The summed E-state index contributed by atoms with van der Waals surface area (Å²) >= 11 is 7.21. The van der Waals surface area contributed by atoms with Gasteiger partial charge in [-0.3, -0.25) is 4.79 Å². The number of hydrogen-bond donors (Lipinski definition) is 1. The molecule has 1 heterocycles. The summed E-state index contributed by atoms with van der Waals surface area (Å²) in [5.74, 6) is 0.671. The Bertz CT molecular complexity index is 894. The molecule has 5 nitrogen and oxygen atoms in total. The van der Waals surface area contributed by atoms with Gasteiger partial charge in [0.2, 0.25) is 11.0 Å². The molecular formula is C18H16ClN3O2S. The number of rotatable bonds is 5. The van der Waals surface area contributed by atoms with Crippen LogP contribution in [0.25, 0.3) is 10.6 Å². The monoisotopic (exact) mass is 373 g/mol. The third-order valence-corrected chi connectivity index (χ3v) is 4.73. The van der Waals surface area contributed by atoms with Crippen molar-refractivity contribution in [2.75, 3.05) is 12.4 Å². The van der Waals surface area contributed by atoms with Crippen LogP contribution in [-0.4, -0.2) is 23.2 Å². The molecule has 3 rings (SSSR count). The first-order chi connectivity index (χ1) is 12.0. The Morgan fingerprint density at radius 2 is 1.96 bits per heavy atom. The molecule has 0 atom stereocenters. The highest BCUT2D eigenvalue weighted by molar-refractivity contribution is 7.18. The van der Waals surface area contributed by atoms with Gasteiger partial charge >= 0.3 is 0 Å². The lowest BCUT2D eigenvalue weighted by molar-refractivity contribution is -0.115. The van der Waals surface area contributed by atoms with Crippen LogP contribution < -0.4 is 10.1 Å². The van der Waals surface area contributed by atoms with Gasteiger partial charge in [-0.2, -0.15) is 0 Å². The van der Waals surface area contributed by atoms with E-state index in [0.717, 1.165) is 27.4 Å². The van der Waals surface area contributed by atoms with Gasteiger partial charge in [0.15, 0.2) is 0 Å². The van der Waals surface area contributed by atoms with Gasteiger partial charge in [0.05, 0.1) is 13.5 Å². The number of carbonyl (C=O) groups is 1. The van der Waals surface area contributed by atoms with E-state index in [-0.39, 0.29) is 12.3 Å². The molecule has 0 radical (unpaired) electrons. The fourth-order valence-electron chi connectivity index (χ4n) is 2.38. The second-order valence-corrected chi connectivity index (χ2v) is 6.86. The number of halogens is 1. The summed E-state index contributed by atoms with van der Waals surface area (Å²) in [5.41, 5.74) is 2.82. The Morgan fingerprint density at radius 1 is 1.20 bits per heavy atom. The maximum absolute atomic E-state index is 12.2. The van der Waals surface area contributed by atoms with Crippen LogP contribution in [0.1, 0.15) is 11.1 Å². The fraction of sp³-hybridized carbons (Fsp3) is 0.167. The molecule has 7 heteroatoms. The van der Waals surface area contributed by atoms with Crippen molar-refractivity contribution in [3.8, 4) is 16.3 Å². The number of aromatic nitrogens is 2. The number of aryl methyl sites for hydroxylation is 1. The normalized spacial score (nSPS) is 10.5. The minimum Gasteiger partial charge on any atom is -0.496 e. The van der Waals surface area contributed by atoms with Crippen molar-refractivity contribution in [3.05, 3.63) is 58.6 Å². The Morgan fingerprint density at radius 3 is 2.64 bits per heavy atom. The molecule has 1 amide bonds. The van der Waals surface area contributed by atoms with Gasteiger partial charge in [-0.1, -0.05) is 47.2 Å². The number of anilines is 1. The highest BCUT2D eigenvalue weighted by Crippen LogP contribution is 2.27. The lowest BCUT2D eigenvalue weighted by Gasteiger charge is -2.07. The zero-order valence-electron chi connectivity index (χ0n) is 13.7. The van der Waals surface area contributed by atoms with Crippen molar-refractivity contribution in [2.45, 2.75) is 13.3 Å². The average Bonchev–Trinajstić information content (AvgIpc) is 3.04. The van der Waals surface area contributed by atoms with Crippen LogP contribution in [0.15, 0.2) is 42.5 Å². The van der Waals surface area contributed by atoms with E-state index in [1.54, 1.807) is 19.2 Å². The van der Waals surface area contributed by atoms with E-state index >= 15 is 0 Å². The van der Waals surface area contributed by atoms with Crippen molar-refractivity contribution in [3.63, 3.8) is 0 Å². The van der Waals surface area contributed by atoms with Crippen molar-refractivity contribution >= 4 is 34.0 Å². The minimum atomic E-state index is -0.136. The molecule has 25 heavy (non-hydrogen) atoms. The van der Waals surface area contributed by atoms with E-state index in [9.17, 15) is 4.79 Å². The predicted octanol–water partition coefficient (Wildman–Crippen LogP) is 4.36. The van der Waals surface area contributed by atoms with E-state index < -0.39 is 0 Å². The smallest absolute Gasteiger partial charge is 0.230 e. The zero-order chi connectivity index (χ0) is 17.8. The quantitative estimate of drug-likeness (QED) is 0.721. The van der Waals surface area contributed by atoms with Crippen molar-refractivity contribution in [1.29, 1.82) is 0 Å². The maximum Gasteiger partial charge on any atom is 0.230 e. The Kier molecular flexibility index (Phi) is 5.31. The fourth-order valence-corrected chi connectivity index (χ4v) is 3.27. The molecule has 0 unspecified atom stereocenters. The number of ether oxygens (including phenoxy) is 1. The summed E-state index contributed by atoms with van der Waals surface area (Å²) in [4.78, 5) is 12.2. The maximum atomic E-state index is 12.2. The summed E-state index contributed by atoms with van der Waals surface area (Å²) in [7, 11) is 1.63. The molecule has 0 bridgehead atoms. The lowest BCUT2D eigenvalue weighted by atomic mass is 10.1.